The molecule has 2 aliphatic rings. The van der Waals surface area contributed by atoms with Crippen LogP contribution in [0.3, 0.4) is 0 Å². The number of aliphatic imine (C=N–C) groups is 1. The second-order valence-electron chi connectivity index (χ2n) is 6.69. The quantitative estimate of drug-likeness (QED) is 0.718. The molecular weight excluding hydrogens is 412 g/mol. The van der Waals surface area contributed by atoms with E-state index < -0.39 is 12.0 Å². The van der Waals surface area contributed by atoms with Crippen LogP contribution in [0, 0.1) is 11.3 Å². The molecule has 1 atom stereocenters. The predicted molar refractivity (Wildman–Crippen MR) is 119 cm³/mol. The number of carbonyl (C=O) groups is 1. The van der Waals surface area contributed by atoms with Gasteiger partial charge < -0.3 is 15.2 Å². The largest absolute Gasteiger partial charge is 0.496 e. The topological polar surface area (TPSA) is 101 Å². The van der Waals surface area contributed by atoms with Gasteiger partial charge >= 0.3 is 5.97 Å². The molecule has 156 valence electrons. The summed E-state index contributed by atoms with van der Waals surface area (Å²) in [4.78, 5) is 20.1. The minimum absolute atomic E-state index is 0.211. The van der Waals surface area contributed by atoms with Gasteiger partial charge in [-0.25, -0.2) is 9.79 Å². The van der Waals surface area contributed by atoms with Crippen LogP contribution in [0.4, 0.5) is 0 Å². The van der Waals surface area contributed by atoms with Crippen LogP contribution >= 0.6 is 11.8 Å². The van der Waals surface area contributed by atoms with Gasteiger partial charge in [-0.05, 0) is 24.8 Å². The third-order valence-corrected chi connectivity index (χ3v) is 5.94. The lowest BCUT2D eigenvalue weighted by Gasteiger charge is -2.36. The highest BCUT2D eigenvalue weighted by molar-refractivity contribution is 8.17. The van der Waals surface area contributed by atoms with E-state index in [-0.39, 0.29) is 12.4 Å². The summed E-state index contributed by atoms with van der Waals surface area (Å²) in [5.74, 6) is 0.338. The van der Waals surface area contributed by atoms with E-state index in [0.717, 1.165) is 11.1 Å². The second kappa shape index (κ2) is 8.58. The molecule has 0 unspecified atom stereocenters. The molecule has 2 aromatic rings. The number of fused-ring (bicyclic) bond motifs is 1. The minimum atomic E-state index is -0.670. The fourth-order valence-corrected chi connectivity index (χ4v) is 4.52. The second-order valence-corrected chi connectivity index (χ2v) is 7.66. The number of hydrogen-bond acceptors (Lipinski definition) is 8. The minimum Gasteiger partial charge on any atom is -0.496 e. The Kier molecular flexibility index (Phi) is 5.69. The Morgan fingerprint density at radius 1 is 1.23 bits per heavy atom. The van der Waals surface area contributed by atoms with E-state index in [1.807, 2.05) is 54.6 Å². The molecule has 2 aliphatic heterocycles. The van der Waals surface area contributed by atoms with E-state index in [4.69, 9.17) is 20.2 Å². The first-order chi connectivity index (χ1) is 15.1. The molecule has 0 spiro atoms. The zero-order chi connectivity index (χ0) is 22.0. The molecule has 8 heteroatoms. The van der Waals surface area contributed by atoms with E-state index in [1.165, 1.54) is 11.8 Å². The normalized spacial score (nSPS) is 17.8. The lowest BCUT2D eigenvalue weighted by molar-refractivity contribution is -0.139. The number of carbonyl (C=O) groups excluding carboxylic acids is 1. The predicted octanol–water partition coefficient (Wildman–Crippen LogP) is 3.78. The highest BCUT2D eigenvalue weighted by Crippen LogP contribution is 2.49. The third kappa shape index (κ3) is 3.53. The molecule has 0 aliphatic carbocycles. The Hall–Kier alpha value is -3.70. The van der Waals surface area contributed by atoms with Crippen molar-refractivity contribution < 1.29 is 14.3 Å². The zero-order valence-electron chi connectivity index (χ0n) is 17.0. The lowest BCUT2D eigenvalue weighted by Crippen LogP contribution is -2.39. The third-order valence-electron chi connectivity index (χ3n) is 4.96. The van der Waals surface area contributed by atoms with Gasteiger partial charge in [0.05, 0.1) is 25.0 Å². The Bertz CT molecular complexity index is 1160. The molecule has 2 heterocycles. The molecule has 2 aromatic carbocycles. The first-order valence-electron chi connectivity index (χ1n) is 9.65. The van der Waals surface area contributed by atoms with E-state index >= 15 is 0 Å². The Labute approximate surface area is 184 Å². The number of benzene rings is 2. The Morgan fingerprint density at radius 3 is 2.61 bits per heavy atom. The number of nitrogens with two attached hydrogens (primary N) is 1. The van der Waals surface area contributed by atoms with Gasteiger partial charge in [0.15, 0.2) is 5.17 Å². The van der Waals surface area contributed by atoms with Gasteiger partial charge in [0.1, 0.15) is 28.6 Å². The Morgan fingerprint density at radius 2 is 1.94 bits per heavy atom. The fraction of sp³-hybridized carbons (Fsp3) is 0.174. The monoisotopic (exact) mass is 432 g/mol. The van der Waals surface area contributed by atoms with Crippen molar-refractivity contribution in [2.24, 2.45) is 10.7 Å². The molecule has 0 amide bonds. The van der Waals surface area contributed by atoms with Crippen LogP contribution in [0.25, 0.3) is 5.70 Å². The number of esters is 1. The molecule has 2 N–H and O–H groups in total. The van der Waals surface area contributed by atoms with Gasteiger partial charge in [0, 0.05) is 11.1 Å². The van der Waals surface area contributed by atoms with Crippen LogP contribution in [0.15, 0.2) is 75.9 Å². The van der Waals surface area contributed by atoms with Crippen LogP contribution < -0.4 is 10.5 Å². The summed E-state index contributed by atoms with van der Waals surface area (Å²) in [7, 11) is 1.57. The fourth-order valence-electron chi connectivity index (χ4n) is 3.65. The molecule has 0 saturated carbocycles. The number of rotatable bonds is 5. The summed E-state index contributed by atoms with van der Waals surface area (Å²) in [6.45, 7) is 1.97. The summed E-state index contributed by atoms with van der Waals surface area (Å²) in [5, 5.41) is 10.1. The van der Waals surface area contributed by atoms with E-state index in [9.17, 15) is 10.1 Å². The van der Waals surface area contributed by atoms with Crippen LogP contribution in [-0.4, -0.2) is 29.8 Å². The number of allylic oxidation sites excluding steroid dienone is 1. The van der Waals surface area contributed by atoms with Gasteiger partial charge in [0.2, 0.25) is 0 Å². The van der Waals surface area contributed by atoms with E-state index in [0.29, 0.717) is 27.1 Å². The van der Waals surface area contributed by atoms with Crippen molar-refractivity contribution in [3.8, 4) is 11.8 Å². The van der Waals surface area contributed by atoms with Gasteiger partial charge in [0.25, 0.3) is 0 Å². The number of nitriles is 1. The standard InChI is InChI=1S/C23H20N4O3S/c1-3-30-22(28)18-19(14-9-5-4-6-10-14)26-23-27(21(25)17(13-24)31-23)20(18)15-11-7-8-12-16(15)29-2/h4-12,20H,3,25H2,1-2H3/t20-/m1/s1. The van der Waals surface area contributed by atoms with E-state index in [2.05, 4.69) is 6.07 Å². The maximum absolute atomic E-state index is 13.3. The molecule has 0 saturated heterocycles. The lowest BCUT2D eigenvalue weighted by atomic mass is 9.91. The summed E-state index contributed by atoms with van der Waals surface area (Å²) >= 11 is 1.18. The van der Waals surface area contributed by atoms with Crippen LogP contribution in [0.5, 0.6) is 5.75 Å². The van der Waals surface area contributed by atoms with Gasteiger partial charge in [-0.2, -0.15) is 5.26 Å². The summed E-state index contributed by atoms with van der Waals surface area (Å²) < 4.78 is 11.0. The number of hydrogen-bond donors (Lipinski definition) is 1. The number of nitrogens with zero attached hydrogens (tertiary/aromatic N) is 3. The van der Waals surface area contributed by atoms with Gasteiger partial charge in [-0.1, -0.05) is 48.5 Å². The first-order valence-corrected chi connectivity index (χ1v) is 10.5. The SMILES string of the molecule is CCOC(=O)C1=C(c2ccccc2)N=C2SC(C#N)=C(N)N2[C@@H]1c1ccccc1OC. The van der Waals surface area contributed by atoms with Crippen molar-refractivity contribution in [3.05, 3.63) is 82.0 Å². The van der Waals surface area contributed by atoms with Crippen LogP contribution in [0.1, 0.15) is 24.1 Å². The van der Waals surface area contributed by atoms with Crippen molar-refractivity contribution in [3.63, 3.8) is 0 Å². The van der Waals surface area contributed by atoms with Crippen molar-refractivity contribution in [2.75, 3.05) is 13.7 Å². The van der Waals surface area contributed by atoms with Crippen molar-refractivity contribution >= 4 is 28.6 Å². The summed E-state index contributed by atoms with van der Waals surface area (Å²) in [6.07, 6.45) is 0. The maximum Gasteiger partial charge on any atom is 0.338 e. The molecule has 0 fully saturated rings. The van der Waals surface area contributed by atoms with Crippen molar-refractivity contribution in [1.82, 2.24) is 4.90 Å². The van der Waals surface area contributed by atoms with Gasteiger partial charge in [-0.15, -0.1) is 0 Å². The summed E-state index contributed by atoms with van der Waals surface area (Å²) in [6, 6.07) is 18.3. The molecule has 0 aromatic heterocycles. The molecule has 7 nitrogen and oxygen atoms in total. The van der Waals surface area contributed by atoms with Crippen LogP contribution in [0.2, 0.25) is 0 Å². The highest BCUT2D eigenvalue weighted by atomic mass is 32.2. The number of thioether (sulfide) groups is 1. The molecule has 4 rings (SSSR count). The van der Waals surface area contributed by atoms with E-state index in [1.54, 1.807) is 18.9 Å². The number of ether oxygens (including phenoxy) is 2. The van der Waals surface area contributed by atoms with Gasteiger partial charge in [-0.3, -0.25) is 4.90 Å². The number of amidine groups is 1. The number of methoxy groups -OCH3 is 1. The maximum atomic E-state index is 13.3. The first kappa shape index (κ1) is 20.6. The highest BCUT2D eigenvalue weighted by Gasteiger charge is 2.44. The summed E-state index contributed by atoms with van der Waals surface area (Å²) in [5.41, 5.74) is 8.66. The van der Waals surface area contributed by atoms with Crippen LogP contribution in [-0.2, 0) is 9.53 Å². The van der Waals surface area contributed by atoms with Crippen molar-refractivity contribution in [2.45, 2.75) is 13.0 Å². The average molecular weight is 433 g/mol. The zero-order valence-corrected chi connectivity index (χ0v) is 17.8. The Balaban J connectivity index is 2.03. The molecular formula is C23H20N4O3S. The average Bonchev–Trinajstić information content (AvgIpc) is 3.13. The number of para-hydroxylation sites is 1. The molecule has 0 radical (unpaired) electrons. The molecule has 31 heavy (non-hydrogen) atoms. The smallest absolute Gasteiger partial charge is 0.338 e. The molecule has 0 bridgehead atoms. The van der Waals surface area contributed by atoms with Crippen molar-refractivity contribution in [1.29, 1.82) is 5.26 Å².